The summed E-state index contributed by atoms with van der Waals surface area (Å²) >= 11 is 0. The van der Waals surface area contributed by atoms with Crippen LogP contribution in [-0.2, 0) is 4.79 Å². The Bertz CT molecular complexity index is 373. The maximum Gasteiger partial charge on any atom is 0.250 e. The maximum absolute atomic E-state index is 11.7. The normalized spacial score (nSPS) is 10.7. The second-order valence-electron chi connectivity index (χ2n) is 3.64. The molecule has 0 N–H and O–H groups in total. The quantitative estimate of drug-likeness (QED) is 0.677. The van der Waals surface area contributed by atoms with Gasteiger partial charge in [-0.2, -0.15) is 0 Å². The SMILES string of the molecule is C/C=C/C(=O)N(C)c1c(C)cccc1C. The third-order valence-electron chi connectivity index (χ3n) is 2.41. The van der Waals surface area contributed by atoms with E-state index in [2.05, 4.69) is 0 Å². The Balaban J connectivity index is 3.10. The second-order valence-corrected chi connectivity index (χ2v) is 3.64. The lowest BCUT2D eigenvalue weighted by molar-refractivity contribution is -0.113. The standard InChI is InChI=1S/C13H17NO/c1-5-7-12(15)14(4)13-10(2)8-6-9-11(13)3/h5-9H,1-4H3/b7-5+. The van der Waals surface area contributed by atoms with Gasteiger partial charge in [-0.15, -0.1) is 0 Å². The highest BCUT2D eigenvalue weighted by Crippen LogP contribution is 2.23. The third kappa shape index (κ3) is 2.46. The highest BCUT2D eigenvalue weighted by atomic mass is 16.2. The van der Waals surface area contributed by atoms with Gasteiger partial charge in [-0.05, 0) is 38.0 Å². The van der Waals surface area contributed by atoms with Crippen molar-refractivity contribution in [1.29, 1.82) is 0 Å². The smallest absolute Gasteiger partial charge is 0.250 e. The van der Waals surface area contributed by atoms with E-state index in [0.717, 1.165) is 16.8 Å². The molecule has 2 nitrogen and oxygen atoms in total. The van der Waals surface area contributed by atoms with Crippen molar-refractivity contribution in [3.05, 3.63) is 41.5 Å². The number of hydrogen-bond acceptors (Lipinski definition) is 1. The Morgan fingerprint density at radius 2 is 1.80 bits per heavy atom. The van der Waals surface area contributed by atoms with Crippen molar-refractivity contribution in [3.8, 4) is 0 Å². The Hall–Kier alpha value is -1.57. The van der Waals surface area contributed by atoms with Crippen molar-refractivity contribution in [2.45, 2.75) is 20.8 Å². The fourth-order valence-electron chi connectivity index (χ4n) is 1.70. The molecule has 0 fully saturated rings. The van der Waals surface area contributed by atoms with Crippen molar-refractivity contribution in [1.82, 2.24) is 0 Å². The fourth-order valence-corrected chi connectivity index (χ4v) is 1.70. The molecule has 0 atom stereocenters. The van der Waals surface area contributed by atoms with Crippen LogP contribution in [0.25, 0.3) is 0 Å². The molecule has 15 heavy (non-hydrogen) atoms. The first kappa shape index (κ1) is 11.5. The van der Waals surface area contributed by atoms with Crippen LogP contribution in [0.3, 0.4) is 0 Å². The predicted molar refractivity (Wildman–Crippen MR) is 64.1 cm³/mol. The summed E-state index contributed by atoms with van der Waals surface area (Å²) in [6.07, 6.45) is 3.33. The van der Waals surface area contributed by atoms with Gasteiger partial charge in [0.25, 0.3) is 0 Å². The first-order chi connectivity index (χ1) is 7.07. The number of benzene rings is 1. The van der Waals surface area contributed by atoms with E-state index in [9.17, 15) is 4.79 Å². The summed E-state index contributed by atoms with van der Waals surface area (Å²) in [5.74, 6) is 0.00917. The van der Waals surface area contributed by atoms with Gasteiger partial charge in [0.05, 0.1) is 0 Å². The lowest BCUT2D eigenvalue weighted by Gasteiger charge is -2.20. The van der Waals surface area contributed by atoms with E-state index in [1.54, 1.807) is 24.1 Å². The summed E-state index contributed by atoms with van der Waals surface area (Å²) in [5, 5.41) is 0. The predicted octanol–water partition coefficient (Wildman–Crippen LogP) is 2.84. The van der Waals surface area contributed by atoms with Gasteiger partial charge >= 0.3 is 0 Å². The minimum Gasteiger partial charge on any atom is -0.311 e. The van der Waals surface area contributed by atoms with Gasteiger partial charge in [0.1, 0.15) is 0 Å². The first-order valence-electron chi connectivity index (χ1n) is 5.04. The number of aryl methyl sites for hydroxylation is 2. The molecule has 0 saturated heterocycles. The van der Waals surface area contributed by atoms with Crippen LogP contribution >= 0.6 is 0 Å². The molecule has 1 aromatic rings. The second kappa shape index (κ2) is 4.78. The third-order valence-corrected chi connectivity index (χ3v) is 2.41. The van der Waals surface area contributed by atoms with Crippen molar-refractivity contribution < 1.29 is 4.79 Å². The minimum atomic E-state index is 0.00917. The molecule has 0 aliphatic heterocycles. The van der Waals surface area contributed by atoms with Crippen LogP contribution in [0.2, 0.25) is 0 Å². The summed E-state index contributed by atoms with van der Waals surface area (Å²) in [7, 11) is 1.80. The average molecular weight is 203 g/mol. The highest BCUT2D eigenvalue weighted by molar-refractivity contribution is 6.01. The molecule has 1 rings (SSSR count). The molecule has 0 aliphatic carbocycles. The van der Waals surface area contributed by atoms with Gasteiger partial charge in [-0.3, -0.25) is 4.79 Å². The number of hydrogen-bond donors (Lipinski definition) is 0. The molecule has 0 aliphatic rings. The zero-order chi connectivity index (χ0) is 11.4. The molecule has 0 spiro atoms. The van der Waals surface area contributed by atoms with Crippen LogP contribution in [0.1, 0.15) is 18.1 Å². The summed E-state index contributed by atoms with van der Waals surface area (Å²) < 4.78 is 0. The number of carbonyl (C=O) groups excluding carboxylic acids is 1. The van der Waals surface area contributed by atoms with Gasteiger partial charge in [0.2, 0.25) is 5.91 Å². The summed E-state index contributed by atoms with van der Waals surface area (Å²) in [6, 6.07) is 6.03. The molecule has 0 bridgehead atoms. The monoisotopic (exact) mass is 203 g/mol. The van der Waals surface area contributed by atoms with E-state index < -0.39 is 0 Å². The highest BCUT2D eigenvalue weighted by Gasteiger charge is 2.11. The number of nitrogens with zero attached hydrogens (tertiary/aromatic N) is 1. The zero-order valence-corrected chi connectivity index (χ0v) is 9.74. The zero-order valence-electron chi connectivity index (χ0n) is 9.74. The maximum atomic E-state index is 11.7. The van der Waals surface area contributed by atoms with E-state index in [0.29, 0.717) is 0 Å². The van der Waals surface area contributed by atoms with E-state index in [1.165, 1.54) is 0 Å². The van der Waals surface area contributed by atoms with Crippen LogP contribution in [0.5, 0.6) is 0 Å². The van der Waals surface area contributed by atoms with Crippen molar-refractivity contribution in [2.24, 2.45) is 0 Å². The molecule has 0 radical (unpaired) electrons. The first-order valence-corrected chi connectivity index (χ1v) is 5.04. The summed E-state index contributed by atoms with van der Waals surface area (Å²) in [5.41, 5.74) is 3.24. The summed E-state index contributed by atoms with van der Waals surface area (Å²) in [4.78, 5) is 13.4. The number of para-hydroxylation sites is 1. The van der Waals surface area contributed by atoms with Crippen LogP contribution in [-0.4, -0.2) is 13.0 Å². The van der Waals surface area contributed by atoms with Crippen molar-refractivity contribution in [2.75, 3.05) is 11.9 Å². The van der Waals surface area contributed by atoms with Gasteiger partial charge in [-0.25, -0.2) is 0 Å². The van der Waals surface area contributed by atoms with E-state index in [-0.39, 0.29) is 5.91 Å². The number of amides is 1. The van der Waals surface area contributed by atoms with Crippen LogP contribution < -0.4 is 4.90 Å². The van der Waals surface area contributed by atoms with Gasteiger partial charge in [-0.1, -0.05) is 24.3 Å². The molecule has 1 aromatic carbocycles. The Labute approximate surface area is 91.2 Å². The van der Waals surface area contributed by atoms with E-state index in [4.69, 9.17) is 0 Å². The molecular formula is C13H17NO. The molecule has 0 aromatic heterocycles. The van der Waals surface area contributed by atoms with E-state index in [1.807, 2.05) is 39.0 Å². The van der Waals surface area contributed by atoms with Crippen molar-refractivity contribution >= 4 is 11.6 Å². The fraction of sp³-hybridized carbons (Fsp3) is 0.308. The van der Waals surface area contributed by atoms with Crippen molar-refractivity contribution in [3.63, 3.8) is 0 Å². The van der Waals surface area contributed by atoms with Gasteiger partial charge in [0, 0.05) is 12.7 Å². The van der Waals surface area contributed by atoms with Crippen LogP contribution in [0.15, 0.2) is 30.4 Å². The Morgan fingerprint density at radius 3 is 2.27 bits per heavy atom. The van der Waals surface area contributed by atoms with Crippen LogP contribution in [0.4, 0.5) is 5.69 Å². The van der Waals surface area contributed by atoms with Crippen LogP contribution in [0, 0.1) is 13.8 Å². The lowest BCUT2D eigenvalue weighted by Crippen LogP contribution is -2.25. The summed E-state index contributed by atoms with van der Waals surface area (Å²) in [6.45, 7) is 5.87. The average Bonchev–Trinajstić information content (AvgIpc) is 2.17. The largest absolute Gasteiger partial charge is 0.311 e. The molecular weight excluding hydrogens is 186 g/mol. The minimum absolute atomic E-state index is 0.00917. The van der Waals surface area contributed by atoms with E-state index >= 15 is 0 Å². The number of anilines is 1. The molecule has 0 unspecified atom stereocenters. The number of rotatable bonds is 2. The van der Waals surface area contributed by atoms with Gasteiger partial charge < -0.3 is 4.90 Å². The van der Waals surface area contributed by atoms with Gasteiger partial charge in [0.15, 0.2) is 0 Å². The Kier molecular flexibility index (Phi) is 3.67. The molecule has 80 valence electrons. The number of likely N-dealkylation sites (N-methyl/N-ethyl adjacent to an activating group) is 1. The lowest BCUT2D eigenvalue weighted by atomic mass is 10.1. The molecule has 1 amide bonds. The number of allylic oxidation sites excluding steroid dienone is 1. The number of carbonyl (C=O) groups is 1. The molecule has 2 heteroatoms. The molecule has 0 saturated carbocycles. The Morgan fingerprint density at radius 1 is 1.27 bits per heavy atom. The molecule has 0 heterocycles. The topological polar surface area (TPSA) is 20.3 Å².